The number of alkyl halides is 3. The Morgan fingerprint density at radius 1 is 1.19 bits per heavy atom. The lowest BCUT2D eigenvalue weighted by atomic mass is 10.1. The van der Waals surface area contributed by atoms with Gasteiger partial charge in [-0.25, -0.2) is 4.79 Å². The summed E-state index contributed by atoms with van der Waals surface area (Å²) in [6.45, 7) is 0.803. The minimum Gasteiger partial charge on any atom is -0.496 e. The van der Waals surface area contributed by atoms with Gasteiger partial charge in [0, 0.05) is 18.2 Å². The van der Waals surface area contributed by atoms with E-state index in [0.29, 0.717) is 23.4 Å². The molecule has 1 amide bonds. The maximum atomic E-state index is 12.8. The molecule has 1 unspecified atom stereocenters. The highest BCUT2D eigenvalue weighted by Gasteiger charge is 2.33. The van der Waals surface area contributed by atoms with Crippen molar-refractivity contribution in [2.45, 2.75) is 25.7 Å². The number of benzene rings is 2. The predicted molar refractivity (Wildman–Crippen MR) is 107 cm³/mol. The molecule has 0 aliphatic rings. The first kappa shape index (κ1) is 24.4. The summed E-state index contributed by atoms with van der Waals surface area (Å²) in [5.74, 6) is -0.954. The number of para-hydroxylation sites is 1. The molecule has 2 aromatic rings. The molecule has 2 rings (SSSR count). The van der Waals surface area contributed by atoms with Crippen LogP contribution in [0.2, 0.25) is 0 Å². The van der Waals surface area contributed by atoms with Gasteiger partial charge >= 0.3 is 12.1 Å². The molecular weight excluding hydrogens is 435 g/mol. The third kappa shape index (κ3) is 6.59. The molecule has 0 heterocycles. The van der Waals surface area contributed by atoms with Crippen LogP contribution in [0.15, 0.2) is 42.5 Å². The Bertz CT molecular complexity index is 997. The van der Waals surface area contributed by atoms with Crippen LogP contribution >= 0.6 is 0 Å². The van der Waals surface area contributed by atoms with E-state index in [2.05, 4.69) is 10.6 Å². The molecule has 2 aromatic carbocycles. The number of methoxy groups -OCH3 is 1. The molecule has 2 N–H and O–H groups in total. The largest absolute Gasteiger partial charge is 0.496 e. The molecule has 0 aliphatic carbocycles. The number of nitro benzene ring substituents is 1. The fourth-order valence-electron chi connectivity index (χ4n) is 2.63. The monoisotopic (exact) mass is 455 g/mol. The zero-order valence-electron chi connectivity index (χ0n) is 17.1. The second-order valence-electron chi connectivity index (χ2n) is 6.55. The van der Waals surface area contributed by atoms with E-state index in [1.807, 2.05) is 0 Å². The number of halogens is 3. The van der Waals surface area contributed by atoms with Crippen LogP contribution in [0.3, 0.4) is 0 Å². The van der Waals surface area contributed by atoms with Crippen LogP contribution in [-0.2, 0) is 27.0 Å². The summed E-state index contributed by atoms with van der Waals surface area (Å²) in [7, 11) is 1.48. The van der Waals surface area contributed by atoms with E-state index < -0.39 is 46.9 Å². The summed E-state index contributed by atoms with van der Waals surface area (Å²) in [6.07, 6.45) is -4.76. The molecule has 0 radical (unpaired) electrons. The number of anilines is 1. The van der Waals surface area contributed by atoms with E-state index in [-0.39, 0.29) is 12.2 Å². The molecule has 12 heteroatoms. The molecule has 0 aromatic heterocycles. The fraction of sp³-hybridized carbons (Fsp3) is 0.300. The van der Waals surface area contributed by atoms with E-state index in [4.69, 9.17) is 9.47 Å². The summed E-state index contributed by atoms with van der Waals surface area (Å²) < 4.78 is 48.4. The number of nitro groups is 1. The smallest absolute Gasteiger partial charge is 0.416 e. The predicted octanol–water partition coefficient (Wildman–Crippen LogP) is 3.28. The van der Waals surface area contributed by atoms with E-state index in [0.717, 1.165) is 6.07 Å². The third-order valence-electron chi connectivity index (χ3n) is 4.26. The second-order valence-corrected chi connectivity index (χ2v) is 6.55. The summed E-state index contributed by atoms with van der Waals surface area (Å²) >= 11 is 0. The highest BCUT2D eigenvalue weighted by molar-refractivity contribution is 5.84. The quantitative estimate of drug-likeness (QED) is 0.338. The first-order valence-electron chi connectivity index (χ1n) is 9.20. The van der Waals surface area contributed by atoms with Crippen LogP contribution in [0.5, 0.6) is 5.75 Å². The van der Waals surface area contributed by atoms with Gasteiger partial charge in [0.2, 0.25) is 0 Å². The van der Waals surface area contributed by atoms with Crippen molar-refractivity contribution in [1.29, 1.82) is 0 Å². The Kier molecular flexibility index (Phi) is 7.99. The summed E-state index contributed by atoms with van der Waals surface area (Å²) in [4.78, 5) is 34.2. The average Bonchev–Trinajstić information content (AvgIpc) is 2.75. The maximum Gasteiger partial charge on any atom is 0.416 e. The SMILES string of the molecule is COc1ccccc1CNC(=O)COC(=O)C(C)Nc1ccc(C(F)(F)F)cc1[N+](=O)[O-]. The molecule has 172 valence electrons. The number of nitrogens with one attached hydrogen (secondary N) is 2. The van der Waals surface area contributed by atoms with Gasteiger partial charge in [0.1, 0.15) is 17.5 Å². The summed E-state index contributed by atoms with van der Waals surface area (Å²) in [5.41, 5.74) is -1.64. The van der Waals surface area contributed by atoms with Crippen LogP contribution in [0.25, 0.3) is 0 Å². The first-order valence-corrected chi connectivity index (χ1v) is 9.20. The van der Waals surface area contributed by atoms with Crippen molar-refractivity contribution in [2.75, 3.05) is 19.0 Å². The van der Waals surface area contributed by atoms with Gasteiger partial charge in [0.05, 0.1) is 17.6 Å². The zero-order valence-corrected chi connectivity index (χ0v) is 17.1. The molecule has 0 aliphatic heterocycles. The normalized spacial score (nSPS) is 11.9. The molecular formula is C20H20F3N3O6. The standard InChI is InChI=1S/C20H20F3N3O6/c1-12(25-15-8-7-14(20(21,22)23)9-16(15)26(29)30)19(28)32-11-18(27)24-10-13-5-3-4-6-17(13)31-2/h3-9,12,25H,10-11H2,1-2H3,(H,24,27). The topological polar surface area (TPSA) is 120 Å². The van der Waals surface area contributed by atoms with Crippen LogP contribution < -0.4 is 15.4 Å². The molecule has 0 saturated carbocycles. The summed E-state index contributed by atoms with van der Waals surface area (Å²) in [6, 6.07) is 7.69. The average molecular weight is 455 g/mol. The lowest BCUT2D eigenvalue weighted by molar-refractivity contribution is -0.384. The van der Waals surface area contributed by atoms with Gasteiger partial charge in [0.15, 0.2) is 6.61 Å². The van der Waals surface area contributed by atoms with Crippen molar-refractivity contribution in [2.24, 2.45) is 0 Å². The molecule has 1 atom stereocenters. The van der Waals surface area contributed by atoms with Crippen molar-refractivity contribution >= 4 is 23.3 Å². The molecule has 0 saturated heterocycles. The van der Waals surface area contributed by atoms with Gasteiger partial charge < -0.3 is 20.1 Å². The number of hydrogen-bond donors (Lipinski definition) is 2. The van der Waals surface area contributed by atoms with Crippen LogP contribution in [-0.4, -0.2) is 36.6 Å². The molecule has 9 nitrogen and oxygen atoms in total. The first-order chi connectivity index (χ1) is 15.0. The van der Waals surface area contributed by atoms with Gasteiger partial charge in [-0.3, -0.25) is 14.9 Å². The highest BCUT2D eigenvalue weighted by Crippen LogP contribution is 2.35. The fourth-order valence-corrected chi connectivity index (χ4v) is 2.63. The van der Waals surface area contributed by atoms with Gasteiger partial charge in [-0.15, -0.1) is 0 Å². The minimum atomic E-state index is -4.76. The Morgan fingerprint density at radius 3 is 2.50 bits per heavy atom. The Balaban J connectivity index is 1.93. The third-order valence-corrected chi connectivity index (χ3v) is 4.26. The van der Waals surface area contributed by atoms with Crippen molar-refractivity contribution in [1.82, 2.24) is 5.32 Å². The second kappa shape index (κ2) is 10.5. The number of carbonyl (C=O) groups excluding carboxylic acids is 2. The van der Waals surface area contributed by atoms with Crippen molar-refractivity contribution in [3.8, 4) is 5.75 Å². The van der Waals surface area contributed by atoms with E-state index in [1.54, 1.807) is 24.3 Å². The van der Waals surface area contributed by atoms with Crippen LogP contribution in [0.1, 0.15) is 18.1 Å². The highest BCUT2D eigenvalue weighted by atomic mass is 19.4. The van der Waals surface area contributed by atoms with E-state index in [1.165, 1.54) is 14.0 Å². The van der Waals surface area contributed by atoms with Crippen molar-refractivity contribution in [3.63, 3.8) is 0 Å². The van der Waals surface area contributed by atoms with E-state index in [9.17, 15) is 32.9 Å². The van der Waals surface area contributed by atoms with Crippen molar-refractivity contribution in [3.05, 3.63) is 63.7 Å². The Hall–Kier alpha value is -3.83. The van der Waals surface area contributed by atoms with E-state index >= 15 is 0 Å². The van der Waals surface area contributed by atoms with Gasteiger partial charge in [0.25, 0.3) is 11.6 Å². The van der Waals surface area contributed by atoms with Crippen molar-refractivity contribution < 1.29 is 37.2 Å². The lowest BCUT2D eigenvalue weighted by Gasteiger charge is -2.15. The van der Waals surface area contributed by atoms with Gasteiger partial charge in [-0.2, -0.15) is 13.2 Å². The maximum absolute atomic E-state index is 12.8. The Morgan fingerprint density at radius 2 is 1.88 bits per heavy atom. The zero-order chi connectivity index (χ0) is 23.9. The lowest BCUT2D eigenvalue weighted by Crippen LogP contribution is -2.33. The molecule has 0 spiro atoms. The molecule has 0 fully saturated rings. The van der Waals surface area contributed by atoms with Gasteiger partial charge in [-0.05, 0) is 25.1 Å². The number of esters is 1. The molecule has 32 heavy (non-hydrogen) atoms. The van der Waals surface area contributed by atoms with Crippen LogP contribution in [0.4, 0.5) is 24.5 Å². The number of ether oxygens (including phenoxy) is 2. The minimum absolute atomic E-state index is 0.131. The Labute approximate surface area is 180 Å². The number of carbonyl (C=O) groups is 2. The molecule has 0 bridgehead atoms. The number of hydrogen-bond acceptors (Lipinski definition) is 7. The number of amides is 1. The number of nitrogens with zero attached hydrogens (tertiary/aromatic N) is 1. The van der Waals surface area contributed by atoms with Gasteiger partial charge in [-0.1, -0.05) is 18.2 Å². The summed E-state index contributed by atoms with van der Waals surface area (Å²) in [5, 5.41) is 16.1. The van der Waals surface area contributed by atoms with Crippen LogP contribution in [0, 0.1) is 10.1 Å². The number of rotatable bonds is 9.